The van der Waals surface area contributed by atoms with Crippen LogP contribution in [0.3, 0.4) is 0 Å². The van der Waals surface area contributed by atoms with Crippen molar-refractivity contribution in [3.8, 4) is 0 Å². The number of fused-ring (bicyclic) bond motifs is 1. The summed E-state index contributed by atoms with van der Waals surface area (Å²) in [6.07, 6.45) is 0. The van der Waals surface area contributed by atoms with Gasteiger partial charge in [-0.2, -0.15) is 0 Å². The minimum atomic E-state index is -0.206. The van der Waals surface area contributed by atoms with E-state index >= 15 is 0 Å². The van der Waals surface area contributed by atoms with Crippen LogP contribution in [-0.2, 0) is 0 Å². The van der Waals surface area contributed by atoms with Crippen LogP contribution in [0.1, 0.15) is 15.9 Å². The van der Waals surface area contributed by atoms with E-state index in [9.17, 15) is 4.79 Å². The lowest BCUT2D eigenvalue weighted by atomic mass is 10.2. The van der Waals surface area contributed by atoms with E-state index < -0.39 is 0 Å². The summed E-state index contributed by atoms with van der Waals surface area (Å²) >= 11 is 20.0. The number of nitrogens with zero attached hydrogens (tertiary/aromatic N) is 3. The van der Waals surface area contributed by atoms with Crippen LogP contribution in [-0.4, -0.2) is 55.1 Å². The molecular weight excluding hydrogens is 463 g/mol. The minimum Gasteiger partial charge on any atom is -0.351 e. The molecule has 0 radical (unpaired) electrons. The standard InChI is InChI=1S/C21H21Cl3N4OS/c1-13-2-4-17(24)19-18(13)26-21(30-19)28-10-8-27(9-11-28)7-6-25-20(29)15-12-14(22)3-5-16(15)23/h2-5,12H,6-11H2,1H3,(H,25,29). The minimum absolute atomic E-state index is 0.206. The lowest BCUT2D eigenvalue weighted by molar-refractivity contribution is 0.0948. The van der Waals surface area contributed by atoms with Gasteiger partial charge in [0, 0.05) is 44.3 Å². The molecule has 3 aromatic rings. The van der Waals surface area contributed by atoms with Gasteiger partial charge in [0.05, 0.1) is 25.8 Å². The molecule has 1 amide bonds. The van der Waals surface area contributed by atoms with E-state index in [2.05, 4.69) is 22.0 Å². The third kappa shape index (κ3) is 4.68. The normalized spacial score (nSPS) is 15.0. The first-order valence-electron chi connectivity index (χ1n) is 9.68. The average molecular weight is 484 g/mol. The summed E-state index contributed by atoms with van der Waals surface area (Å²) in [4.78, 5) is 21.8. The fourth-order valence-electron chi connectivity index (χ4n) is 3.48. The maximum absolute atomic E-state index is 12.3. The first kappa shape index (κ1) is 21.7. The number of amides is 1. The van der Waals surface area contributed by atoms with E-state index in [1.165, 1.54) is 0 Å². The van der Waals surface area contributed by atoms with Crippen molar-refractivity contribution < 1.29 is 4.79 Å². The number of aromatic nitrogens is 1. The molecule has 1 aromatic heterocycles. The van der Waals surface area contributed by atoms with Crippen molar-refractivity contribution in [3.05, 3.63) is 56.5 Å². The number of halogens is 3. The van der Waals surface area contributed by atoms with Gasteiger partial charge in [-0.15, -0.1) is 0 Å². The molecule has 0 atom stereocenters. The van der Waals surface area contributed by atoms with Gasteiger partial charge in [-0.25, -0.2) is 4.98 Å². The topological polar surface area (TPSA) is 48.5 Å². The van der Waals surface area contributed by atoms with E-state index in [4.69, 9.17) is 39.8 Å². The largest absolute Gasteiger partial charge is 0.351 e. The molecule has 0 spiro atoms. The maximum atomic E-state index is 12.3. The van der Waals surface area contributed by atoms with Gasteiger partial charge >= 0.3 is 0 Å². The molecular formula is C21H21Cl3N4OS. The molecule has 0 unspecified atom stereocenters. The van der Waals surface area contributed by atoms with Gasteiger partial charge in [0.1, 0.15) is 0 Å². The molecule has 30 heavy (non-hydrogen) atoms. The van der Waals surface area contributed by atoms with Gasteiger partial charge in [0.15, 0.2) is 5.13 Å². The first-order valence-corrected chi connectivity index (χ1v) is 11.6. The number of carbonyl (C=O) groups excluding carboxylic acids is 1. The second-order valence-electron chi connectivity index (χ2n) is 7.25. The van der Waals surface area contributed by atoms with Crippen LogP contribution in [0.4, 0.5) is 5.13 Å². The Kier molecular flexibility index (Phi) is 6.70. The van der Waals surface area contributed by atoms with E-state index in [0.29, 0.717) is 22.2 Å². The highest BCUT2D eigenvalue weighted by atomic mass is 35.5. The number of nitrogens with one attached hydrogen (secondary N) is 1. The number of piperazine rings is 1. The third-order valence-corrected chi connectivity index (χ3v) is 7.36. The number of thiazole rings is 1. The van der Waals surface area contributed by atoms with Crippen LogP contribution < -0.4 is 10.2 Å². The quantitative estimate of drug-likeness (QED) is 0.547. The zero-order chi connectivity index (χ0) is 21.3. The smallest absolute Gasteiger partial charge is 0.252 e. The Hall–Kier alpha value is -1.57. The molecule has 1 aliphatic heterocycles. The van der Waals surface area contributed by atoms with Crippen LogP contribution in [0.2, 0.25) is 15.1 Å². The molecule has 5 nitrogen and oxygen atoms in total. The van der Waals surface area contributed by atoms with Crippen LogP contribution in [0.5, 0.6) is 0 Å². The highest BCUT2D eigenvalue weighted by Crippen LogP contribution is 2.35. The fraction of sp³-hybridized carbons (Fsp3) is 0.333. The zero-order valence-corrected chi connectivity index (χ0v) is 19.5. The van der Waals surface area contributed by atoms with Gasteiger partial charge in [-0.1, -0.05) is 52.2 Å². The lowest BCUT2D eigenvalue weighted by Crippen LogP contribution is -2.48. The Bertz CT molecular complexity index is 1040. The third-order valence-electron chi connectivity index (χ3n) is 5.22. The average Bonchev–Trinajstić information content (AvgIpc) is 3.20. The predicted octanol–water partition coefficient (Wildman–Crippen LogP) is 5.12. The summed E-state index contributed by atoms with van der Waals surface area (Å²) in [6, 6.07) is 8.83. The van der Waals surface area contributed by atoms with Crippen LogP contribution in [0.25, 0.3) is 10.2 Å². The molecule has 2 aromatic carbocycles. The molecule has 158 valence electrons. The van der Waals surface area contributed by atoms with Crippen molar-refractivity contribution in [2.45, 2.75) is 6.92 Å². The molecule has 0 aliphatic carbocycles. The SMILES string of the molecule is Cc1ccc(Cl)c2sc(N3CCN(CCNC(=O)c4cc(Cl)ccc4Cl)CC3)nc12. The number of hydrogen-bond donors (Lipinski definition) is 1. The van der Waals surface area contributed by atoms with Gasteiger partial charge in [0.2, 0.25) is 0 Å². The number of benzene rings is 2. The summed E-state index contributed by atoms with van der Waals surface area (Å²) in [5.41, 5.74) is 2.54. The van der Waals surface area contributed by atoms with Crippen molar-refractivity contribution in [2.75, 3.05) is 44.2 Å². The summed E-state index contributed by atoms with van der Waals surface area (Å²) in [5, 5.41) is 5.59. The molecule has 2 heterocycles. The molecule has 1 aliphatic rings. The second kappa shape index (κ2) is 9.28. The van der Waals surface area contributed by atoms with Crippen LogP contribution in [0, 0.1) is 6.92 Å². The summed E-state index contributed by atoms with van der Waals surface area (Å²) in [6.45, 7) is 7.01. The van der Waals surface area contributed by atoms with Crippen molar-refractivity contribution in [2.24, 2.45) is 0 Å². The molecule has 1 fully saturated rings. The number of anilines is 1. The van der Waals surface area contributed by atoms with Gasteiger partial charge in [-0.3, -0.25) is 9.69 Å². The van der Waals surface area contributed by atoms with Crippen molar-refractivity contribution in [1.82, 2.24) is 15.2 Å². The monoisotopic (exact) mass is 482 g/mol. The maximum Gasteiger partial charge on any atom is 0.252 e. The molecule has 4 rings (SSSR count). The first-order chi connectivity index (χ1) is 14.4. The van der Waals surface area contributed by atoms with Crippen LogP contribution in [0.15, 0.2) is 30.3 Å². The van der Waals surface area contributed by atoms with Gasteiger partial charge in [-0.05, 0) is 36.8 Å². The van der Waals surface area contributed by atoms with Crippen molar-refractivity contribution in [3.63, 3.8) is 0 Å². The van der Waals surface area contributed by atoms with Crippen molar-refractivity contribution in [1.29, 1.82) is 0 Å². The Morgan fingerprint density at radius 2 is 1.83 bits per heavy atom. The zero-order valence-electron chi connectivity index (χ0n) is 16.4. The number of rotatable bonds is 5. The predicted molar refractivity (Wildman–Crippen MR) is 127 cm³/mol. The van der Waals surface area contributed by atoms with E-state index in [1.54, 1.807) is 29.5 Å². The lowest BCUT2D eigenvalue weighted by Gasteiger charge is -2.34. The van der Waals surface area contributed by atoms with Gasteiger partial charge in [0.25, 0.3) is 5.91 Å². The second-order valence-corrected chi connectivity index (χ2v) is 9.48. The van der Waals surface area contributed by atoms with E-state index in [-0.39, 0.29) is 5.91 Å². The summed E-state index contributed by atoms with van der Waals surface area (Å²) < 4.78 is 1.05. The molecule has 0 saturated carbocycles. The van der Waals surface area contributed by atoms with Crippen LogP contribution >= 0.6 is 46.1 Å². The summed E-state index contributed by atoms with van der Waals surface area (Å²) in [7, 11) is 0. The Morgan fingerprint density at radius 3 is 2.57 bits per heavy atom. The number of carbonyl (C=O) groups is 1. The highest BCUT2D eigenvalue weighted by molar-refractivity contribution is 7.22. The Labute approximate surface area is 194 Å². The highest BCUT2D eigenvalue weighted by Gasteiger charge is 2.21. The number of aryl methyl sites for hydroxylation is 1. The summed E-state index contributed by atoms with van der Waals surface area (Å²) in [5.74, 6) is -0.206. The number of hydrogen-bond acceptors (Lipinski definition) is 5. The molecule has 1 N–H and O–H groups in total. The Morgan fingerprint density at radius 1 is 1.10 bits per heavy atom. The van der Waals surface area contributed by atoms with Gasteiger partial charge < -0.3 is 10.2 Å². The van der Waals surface area contributed by atoms with Crippen molar-refractivity contribution >= 4 is 67.4 Å². The van der Waals surface area contributed by atoms with E-state index in [1.807, 2.05) is 12.1 Å². The molecule has 1 saturated heterocycles. The fourth-order valence-corrected chi connectivity index (χ4v) is 5.23. The molecule has 0 bridgehead atoms. The molecule has 9 heteroatoms. The van der Waals surface area contributed by atoms with E-state index in [0.717, 1.165) is 58.7 Å². The Balaban J connectivity index is 1.29.